The molecule has 0 radical (unpaired) electrons. The van der Waals surface area contributed by atoms with E-state index in [0.29, 0.717) is 50.0 Å². The average Bonchev–Trinajstić information content (AvgIpc) is 3.49. The zero-order valence-electron chi connectivity index (χ0n) is 18.5. The van der Waals surface area contributed by atoms with E-state index in [1.54, 1.807) is 11.1 Å². The molecule has 4 heterocycles. The van der Waals surface area contributed by atoms with E-state index in [1.165, 1.54) is 22.6 Å². The summed E-state index contributed by atoms with van der Waals surface area (Å²) in [7, 11) is 0. The van der Waals surface area contributed by atoms with Gasteiger partial charge in [0, 0.05) is 50.3 Å². The molecule has 5 nitrogen and oxygen atoms in total. The Balaban J connectivity index is 1.27. The minimum absolute atomic E-state index is 0.112. The predicted octanol–water partition coefficient (Wildman–Crippen LogP) is 5.09. The molecular formula is C24H24F5N5. The molecule has 2 saturated heterocycles. The van der Waals surface area contributed by atoms with Crippen LogP contribution in [0.25, 0.3) is 5.65 Å². The maximum absolute atomic E-state index is 14.3. The number of fused-ring (bicyclic) bond motifs is 1. The Morgan fingerprint density at radius 1 is 0.971 bits per heavy atom. The summed E-state index contributed by atoms with van der Waals surface area (Å²) in [5.74, 6) is -0.200. The van der Waals surface area contributed by atoms with Gasteiger partial charge in [0.1, 0.15) is 23.0 Å². The Morgan fingerprint density at radius 2 is 1.74 bits per heavy atom. The monoisotopic (exact) mass is 477 g/mol. The number of alkyl halides is 3. The van der Waals surface area contributed by atoms with Gasteiger partial charge >= 0.3 is 6.18 Å². The number of benzene rings is 1. The Hall–Kier alpha value is -2.91. The highest BCUT2D eigenvalue weighted by Crippen LogP contribution is 2.47. The van der Waals surface area contributed by atoms with E-state index in [4.69, 9.17) is 0 Å². The summed E-state index contributed by atoms with van der Waals surface area (Å²) in [6.07, 6.45) is 1.51. The van der Waals surface area contributed by atoms with Gasteiger partial charge in [-0.3, -0.25) is 4.40 Å². The average molecular weight is 477 g/mol. The number of rotatable bonds is 4. The summed E-state index contributed by atoms with van der Waals surface area (Å²) in [6.45, 7) is 2.03. The minimum Gasteiger partial charge on any atom is -0.369 e. The number of hydrogen-bond donors (Lipinski definition) is 0. The normalized spacial score (nSPS) is 20.3. The summed E-state index contributed by atoms with van der Waals surface area (Å²) in [6, 6.07) is 5.04. The minimum atomic E-state index is -4.57. The van der Waals surface area contributed by atoms with E-state index in [1.807, 2.05) is 4.90 Å². The molecule has 34 heavy (non-hydrogen) atoms. The van der Waals surface area contributed by atoms with Crippen LogP contribution in [0.4, 0.5) is 33.3 Å². The maximum atomic E-state index is 14.3. The van der Waals surface area contributed by atoms with Crippen molar-refractivity contribution >= 4 is 17.0 Å². The zero-order valence-corrected chi connectivity index (χ0v) is 18.5. The molecule has 10 heteroatoms. The highest BCUT2D eigenvalue weighted by atomic mass is 19.4. The molecule has 0 N–H and O–H groups in total. The first-order chi connectivity index (χ1) is 16.2. The van der Waals surface area contributed by atoms with Crippen LogP contribution in [0.2, 0.25) is 0 Å². The Bertz CT molecular complexity index is 1240. The van der Waals surface area contributed by atoms with Gasteiger partial charge in [-0.25, -0.2) is 8.78 Å². The van der Waals surface area contributed by atoms with Gasteiger partial charge in [-0.2, -0.15) is 13.2 Å². The van der Waals surface area contributed by atoms with Crippen LogP contribution in [0.5, 0.6) is 0 Å². The lowest BCUT2D eigenvalue weighted by Crippen LogP contribution is -2.63. The van der Waals surface area contributed by atoms with Gasteiger partial charge in [0.2, 0.25) is 0 Å². The van der Waals surface area contributed by atoms with Crippen LogP contribution in [0.15, 0.2) is 30.5 Å². The fraction of sp³-hybridized carbons (Fsp3) is 0.500. The van der Waals surface area contributed by atoms with Crippen molar-refractivity contribution in [2.45, 2.75) is 38.3 Å². The molecule has 3 fully saturated rings. The number of nitrogens with zero attached hydrogens (tertiary/aromatic N) is 5. The second-order valence-electron chi connectivity index (χ2n) is 10.0. The van der Waals surface area contributed by atoms with E-state index in [-0.39, 0.29) is 16.7 Å². The highest BCUT2D eigenvalue weighted by Gasteiger charge is 2.49. The highest BCUT2D eigenvalue weighted by molar-refractivity contribution is 5.68. The van der Waals surface area contributed by atoms with Crippen molar-refractivity contribution in [2.75, 3.05) is 36.0 Å². The molecule has 1 saturated carbocycles. The molecule has 3 aromatic rings. The molecule has 1 aromatic carbocycles. The number of hydrogen-bond acceptors (Lipinski definition) is 4. The van der Waals surface area contributed by atoms with E-state index >= 15 is 0 Å². The first-order valence-electron chi connectivity index (χ1n) is 11.6. The largest absolute Gasteiger partial charge is 0.422 e. The van der Waals surface area contributed by atoms with Crippen LogP contribution in [-0.4, -0.2) is 40.8 Å². The summed E-state index contributed by atoms with van der Waals surface area (Å²) in [4.78, 5) is 3.62. The molecule has 1 aliphatic carbocycles. The lowest BCUT2D eigenvalue weighted by molar-refractivity contribution is -0.136. The molecule has 0 unspecified atom stereocenters. The Morgan fingerprint density at radius 3 is 2.44 bits per heavy atom. The number of anilines is 2. The standard InChI is InChI=1S/C24H24F5N5/c25-16-4-5-18(17(26)11-16)32-8-1-7-23(12-32)13-33(14-23)19-6-9-34-20(10-15-2-3-15)30-31-22(34)21(19)24(27,28)29/h4-6,9,11,15H,1-3,7-8,10,12-14H2. The number of pyridine rings is 1. The van der Waals surface area contributed by atoms with Crippen LogP contribution in [0, 0.1) is 23.0 Å². The molecule has 2 aliphatic heterocycles. The van der Waals surface area contributed by atoms with E-state index < -0.39 is 23.4 Å². The van der Waals surface area contributed by atoms with Gasteiger partial charge < -0.3 is 9.80 Å². The Kier molecular flexibility index (Phi) is 4.80. The third kappa shape index (κ3) is 3.67. The second-order valence-corrected chi connectivity index (χ2v) is 10.0. The van der Waals surface area contributed by atoms with E-state index in [2.05, 4.69) is 10.2 Å². The number of aromatic nitrogens is 3. The fourth-order valence-electron chi connectivity index (χ4n) is 5.59. The van der Waals surface area contributed by atoms with Crippen molar-refractivity contribution in [1.29, 1.82) is 0 Å². The molecule has 180 valence electrons. The zero-order chi connectivity index (χ0) is 23.7. The van der Waals surface area contributed by atoms with E-state index in [9.17, 15) is 22.0 Å². The predicted molar refractivity (Wildman–Crippen MR) is 117 cm³/mol. The van der Waals surface area contributed by atoms with Gasteiger partial charge in [-0.15, -0.1) is 10.2 Å². The van der Waals surface area contributed by atoms with Crippen molar-refractivity contribution in [1.82, 2.24) is 14.6 Å². The van der Waals surface area contributed by atoms with Crippen LogP contribution in [-0.2, 0) is 12.6 Å². The quantitative estimate of drug-likeness (QED) is 0.491. The molecule has 0 atom stereocenters. The van der Waals surface area contributed by atoms with Crippen molar-refractivity contribution < 1.29 is 22.0 Å². The van der Waals surface area contributed by atoms with Crippen LogP contribution in [0.3, 0.4) is 0 Å². The second kappa shape index (κ2) is 7.55. The van der Waals surface area contributed by atoms with Crippen LogP contribution in [0.1, 0.15) is 37.1 Å². The van der Waals surface area contributed by atoms with Gasteiger partial charge in [-0.1, -0.05) is 0 Å². The molecule has 1 spiro atoms. The lowest BCUT2D eigenvalue weighted by atomic mass is 9.72. The lowest BCUT2D eigenvalue weighted by Gasteiger charge is -2.56. The van der Waals surface area contributed by atoms with Crippen molar-refractivity contribution in [3.8, 4) is 0 Å². The number of piperidine rings is 1. The summed E-state index contributed by atoms with van der Waals surface area (Å²) in [5.41, 5.74) is -0.695. The molecule has 6 rings (SSSR count). The summed E-state index contributed by atoms with van der Waals surface area (Å²) < 4.78 is 71.7. The first-order valence-corrected chi connectivity index (χ1v) is 11.6. The van der Waals surface area contributed by atoms with Crippen molar-refractivity contribution in [2.24, 2.45) is 11.3 Å². The molecular weight excluding hydrogens is 453 g/mol. The molecule has 0 bridgehead atoms. The third-order valence-corrected chi connectivity index (χ3v) is 7.38. The van der Waals surface area contributed by atoms with Gasteiger partial charge in [0.05, 0.1) is 11.4 Å². The summed E-state index contributed by atoms with van der Waals surface area (Å²) in [5, 5.41) is 7.99. The first kappa shape index (κ1) is 21.6. The van der Waals surface area contributed by atoms with Gasteiger partial charge in [0.15, 0.2) is 5.65 Å². The maximum Gasteiger partial charge on any atom is 0.422 e. The topological polar surface area (TPSA) is 36.7 Å². The SMILES string of the molecule is Fc1ccc(N2CCCC3(C2)CN(c2ccn4c(CC5CC5)nnc4c2C(F)(F)F)C3)c(F)c1. The van der Waals surface area contributed by atoms with Gasteiger partial charge in [0.25, 0.3) is 0 Å². The molecule has 3 aliphatic rings. The van der Waals surface area contributed by atoms with Crippen LogP contribution < -0.4 is 9.80 Å². The van der Waals surface area contributed by atoms with Gasteiger partial charge in [-0.05, 0) is 49.8 Å². The number of halogens is 5. The van der Waals surface area contributed by atoms with Crippen molar-refractivity contribution in [3.63, 3.8) is 0 Å². The third-order valence-electron chi connectivity index (χ3n) is 7.38. The van der Waals surface area contributed by atoms with E-state index in [0.717, 1.165) is 31.7 Å². The Labute approximate surface area is 193 Å². The molecule has 0 amide bonds. The molecule has 2 aromatic heterocycles. The summed E-state index contributed by atoms with van der Waals surface area (Å²) >= 11 is 0. The van der Waals surface area contributed by atoms with Crippen LogP contribution >= 0.6 is 0 Å². The van der Waals surface area contributed by atoms with Crippen molar-refractivity contribution in [3.05, 3.63) is 53.5 Å². The fourth-order valence-corrected chi connectivity index (χ4v) is 5.59. The smallest absolute Gasteiger partial charge is 0.369 e.